The van der Waals surface area contributed by atoms with Gasteiger partial charge in [-0.25, -0.2) is 0 Å². The molecule has 0 aromatic rings. The lowest BCUT2D eigenvalue weighted by molar-refractivity contribution is 0.0530. The van der Waals surface area contributed by atoms with Gasteiger partial charge in [-0.1, -0.05) is 19.3 Å². The van der Waals surface area contributed by atoms with Gasteiger partial charge in [0.25, 0.3) is 0 Å². The Bertz CT molecular complexity index is 179. The summed E-state index contributed by atoms with van der Waals surface area (Å²) < 4.78 is 0. The molecule has 0 aromatic heterocycles. The number of fused-ring (bicyclic) bond motifs is 1. The van der Waals surface area contributed by atoms with E-state index in [0.29, 0.717) is 12.0 Å². The third-order valence-electron chi connectivity index (χ3n) is 4.01. The summed E-state index contributed by atoms with van der Waals surface area (Å²) in [5.41, 5.74) is 0. The standard InChI is InChI=1S/C11H21NO/c1-12(2)10-7-8-5-3-4-6-9(8)11(10)13/h8-11,13H,3-7H2,1-2H3. The molecule has 2 aliphatic rings. The van der Waals surface area contributed by atoms with Crippen molar-refractivity contribution >= 4 is 0 Å². The molecule has 0 amide bonds. The molecule has 0 bridgehead atoms. The minimum absolute atomic E-state index is 0.0553. The number of aliphatic hydroxyl groups is 1. The first-order valence-corrected chi connectivity index (χ1v) is 5.54. The summed E-state index contributed by atoms with van der Waals surface area (Å²) in [5.74, 6) is 1.43. The second-order valence-corrected chi connectivity index (χ2v) is 4.97. The molecule has 2 saturated carbocycles. The van der Waals surface area contributed by atoms with Crippen LogP contribution in [0.25, 0.3) is 0 Å². The lowest BCUT2D eigenvalue weighted by Crippen LogP contribution is -2.37. The molecule has 0 aromatic carbocycles. The molecule has 2 aliphatic carbocycles. The number of hydrogen-bond acceptors (Lipinski definition) is 2. The lowest BCUT2D eigenvalue weighted by atomic mass is 9.81. The fraction of sp³-hybridized carbons (Fsp3) is 1.00. The SMILES string of the molecule is CN(C)C1CC2CCCCC2C1O. The van der Waals surface area contributed by atoms with Gasteiger partial charge in [-0.15, -0.1) is 0 Å². The van der Waals surface area contributed by atoms with Crippen LogP contribution in [0.4, 0.5) is 0 Å². The predicted octanol–water partition coefficient (Wildman–Crippen LogP) is 1.49. The molecule has 4 atom stereocenters. The van der Waals surface area contributed by atoms with Gasteiger partial charge in [0, 0.05) is 6.04 Å². The van der Waals surface area contributed by atoms with Crippen LogP contribution in [0, 0.1) is 11.8 Å². The van der Waals surface area contributed by atoms with Crippen LogP contribution in [0.1, 0.15) is 32.1 Å². The van der Waals surface area contributed by atoms with Crippen molar-refractivity contribution < 1.29 is 5.11 Å². The van der Waals surface area contributed by atoms with Gasteiger partial charge in [-0.2, -0.15) is 0 Å². The first-order chi connectivity index (χ1) is 6.20. The average Bonchev–Trinajstić information content (AvgIpc) is 2.45. The first kappa shape index (κ1) is 9.47. The van der Waals surface area contributed by atoms with Crippen LogP contribution in [-0.4, -0.2) is 36.2 Å². The van der Waals surface area contributed by atoms with Crippen LogP contribution in [0.15, 0.2) is 0 Å². The van der Waals surface area contributed by atoms with E-state index in [1.807, 2.05) is 0 Å². The summed E-state index contributed by atoms with van der Waals surface area (Å²) in [7, 11) is 4.18. The molecule has 13 heavy (non-hydrogen) atoms. The Balaban J connectivity index is 2.05. The maximum atomic E-state index is 10.1. The molecule has 2 fully saturated rings. The second-order valence-electron chi connectivity index (χ2n) is 4.97. The van der Waals surface area contributed by atoms with Crippen LogP contribution >= 0.6 is 0 Å². The van der Waals surface area contributed by atoms with Gasteiger partial charge in [-0.3, -0.25) is 0 Å². The van der Waals surface area contributed by atoms with Gasteiger partial charge < -0.3 is 10.0 Å². The topological polar surface area (TPSA) is 23.5 Å². The smallest absolute Gasteiger partial charge is 0.0726 e. The number of likely N-dealkylation sites (N-methyl/N-ethyl adjacent to an activating group) is 1. The molecule has 2 rings (SSSR count). The van der Waals surface area contributed by atoms with Crippen LogP contribution in [-0.2, 0) is 0 Å². The highest BCUT2D eigenvalue weighted by atomic mass is 16.3. The van der Waals surface area contributed by atoms with Gasteiger partial charge >= 0.3 is 0 Å². The fourth-order valence-electron chi connectivity index (χ4n) is 3.23. The van der Waals surface area contributed by atoms with Gasteiger partial charge in [-0.05, 0) is 38.8 Å². The van der Waals surface area contributed by atoms with Gasteiger partial charge in [0.2, 0.25) is 0 Å². The maximum absolute atomic E-state index is 10.1. The van der Waals surface area contributed by atoms with Crippen molar-refractivity contribution in [2.75, 3.05) is 14.1 Å². The minimum Gasteiger partial charge on any atom is -0.391 e. The molecular weight excluding hydrogens is 162 g/mol. The van der Waals surface area contributed by atoms with Crippen LogP contribution in [0.3, 0.4) is 0 Å². The van der Waals surface area contributed by atoms with E-state index < -0.39 is 0 Å². The van der Waals surface area contributed by atoms with Crippen LogP contribution in [0.5, 0.6) is 0 Å². The Kier molecular flexibility index (Phi) is 2.61. The summed E-state index contributed by atoms with van der Waals surface area (Å²) in [6.45, 7) is 0. The van der Waals surface area contributed by atoms with E-state index in [2.05, 4.69) is 19.0 Å². The Labute approximate surface area is 80.9 Å². The highest BCUT2D eigenvalue weighted by Gasteiger charge is 2.43. The number of nitrogens with zero attached hydrogens (tertiary/aromatic N) is 1. The van der Waals surface area contributed by atoms with Crippen molar-refractivity contribution in [1.29, 1.82) is 0 Å². The molecule has 0 heterocycles. The molecule has 2 heteroatoms. The number of aliphatic hydroxyl groups excluding tert-OH is 1. The van der Waals surface area contributed by atoms with Crippen LogP contribution < -0.4 is 0 Å². The summed E-state index contributed by atoms with van der Waals surface area (Å²) in [5, 5.41) is 10.1. The van der Waals surface area contributed by atoms with E-state index in [4.69, 9.17) is 0 Å². The van der Waals surface area contributed by atoms with Crippen molar-refractivity contribution in [2.24, 2.45) is 11.8 Å². The second kappa shape index (κ2) is 3.58. The number of hydrogen-bond donors (Lipinski definition) is 1. The van der Waals surface area contributed by atoms with Gasteiger partial charge in [0.1, 0.15) is 0 Å². The van der Waals surface area contributed by atoms with E-state index in [1.54, 1.807) is 0 Å². The molecule has 76 valence electrons. The molecule has 0 radical (unpaired) electrons. The Morgan fingerprint density at radius 1 is 1.15 bits per heavy atom. The predicted molar refractivity (Wildman–Crippen MR) is 53.5 cm³/mol. The van der Waals surface area contributed by atoms with E-state index in [0.717, 1.165) is 5.92 Å². The first-order valence-electron chi connectivity index (χ1n) is 5.54. The zero-order valence-corrected chi connectivity index (χ0v) is 8.74. The fourth-order valence-corrected chi connectivity index (χ4v) is 3.23. The van der Waals surface area contributed by atoms with E-state index in [1.165, 1.54) is 32.1 Å². The van der Waals surface area contributed by atoms with E-state index >= 15 is 0 Å². The normalized spacial score (nSPS) is 45.2. The van der Waals surface area contributed by atoms with E-state index in [9.17, 15) is 5.11 Å². The van der Waals surface area contributed by atoms with Gasteiger partial charge in [0.15, 0.2) is 0 Å². The molecule has 2 nitrogen and oxygen atoms in total. The zero-order chi connectivity index (χ0) is 9.42. The number of rotatable bonds is 1. The molecular formula is C11H21NO. The molecule has 1 N–H and O–H groups in total. The lowest BCUT2D eigenvalue weighted by Gasteiger charge is -2.27. The van der Waals surface area contributed by atoms with Crippen LogP contribution in [0.2, 0.25) is 0 Å². The molecule has 0 saturated heterocycles. The Hall–Kier alpha value is -0.0800. The van der Waals surface area contributed by atoms with E-state index in [-0.39, 0.29) is 6.10 Å². The maximum Gasteiger partial charge on any atom is 0.0726 e. The van der Waals surface area contributed by atoms with Crippen molar-refractivity contribution in [3.8, 4) is 0 Å². The summed E-state index contributed by atoms with van der Waals surface area (Å²) in [6.07, 6.45) is 6.49. The Morgan fingerprint density at radius 3 is 2.46 bits per heavy atom. The molecule has 0 aliphatic heterocycles. The summed E-state index contributed by atoms with van der Waals surface area (Å²) in [4.78, 5) is 2.20. The third-order valence-corrected chi connectivity index (χ3v) is 4.01. The summed E-state index contributed by atoms with van der Waals surface area (Å²) >= 11 is 0. The Morgan fingerprint density at radius 2 is 1.85 bits per heavy atom. The summed E-state index contributed by atoms with van der Waals surface area (Å²) in [6, 6.07) is 0.424. The van der Waals surface area contributed by atoms with Gasteiger partial charge in [0.05, 0.1) is 6.10 Å². The largest absolute Gasteiger partial charge is 0.391 e. The zero-order valence-electron chi connectivity index (χ0n) is 8.74. The van der Waals surface area contributed by atoms with Crippen molar-refractivity contribution in [3.63, 3.8) is 0 Å². The van der Waals surface area contributed by atoms with Crippen molar-refractivity contribution in [1.82, 2.24) is 4.90 Å². The van der Waals surface area contributed by atoms with Crippen molar-refractivity contribution in [3.05, 3.63) is 0 Å². The van der Waals surface area contributed by atoms with Crippen molar-refractivity contribution in [2.45, 2.75) is 44.2 Å². The highest BCUT2D eigenvalue weighted by Crippen LogP contribution is 2.43. The average molecular weight is 183 g/mol. The third kappa shape index (κ3) is 1.62. The molecule has 0 spiro atoms. The molecule has 4 unspecified atom stereocenters. The minimum atomic E-state index is -0.0553. The highest BCUT2D eigenvalue weighted by molar-refractivity contribution is 4.96. The quantitative estimate of drug-likeness (QED) is 0.665. The monoisotopic (exact) mass is 183 g/mol.